The summed E-state index contributed by atoms with van der Waals surface area (Å²) in [5.41, 5.74) is 1.75. The summed E-state index contributed by atoms with van der Waals surface area (Å²) in [7, 11) is 0.322. The predicted molar refractivity (Wildman–Crippen MR) is 85.9 cm³/mol. The van der Waals surface area contributed by atoms with Crippen molar-refractivity contribution in [3.05, 3.63) is 11.6 Å². The van der Waals surface area contributed by atoms with E-state index in [0.717, 1.165) is 19.3 Å². The van der Waals surface area contributed by atoms with Crippen molar-refractivity contribution in [2.24, 2.45) is 22.7 Å². The van der Waals surface area contributed by atoms with E-state index in [2.05, 4.69) is 46.9 Å². The molecule has 0 aromatic rings. The van der Waals surface area contributed by atoms with Crippen LogP contribution in [0.5, 0.6) is 0 Å². The van der Waals surface area contributed by atoms with Gasteiger partial charge in [0.15, 0.2) is 0 Å². The number of fused-ring (bicyclic) bond motifs is 1. The van der Waals surface area contributed by atoms with Crippen LogP contribution in [0.2, 0.25) is 0 Å². The molecule has 0 spiro atoms. The maximum absolute atomic E-state index is 10.5. The third-order valence-corrected chi connectivity index (χ3v) is 6.24. The summed E-state index contributed by atoms with van der Waals surface area (Å²) in [4.78, 5) is 0. The topological polar surface area (TPSA) is 29.5 Å². The summed E-state index contributed by atoms with van der Waals surface area (Å²) in [6.07, 6.45) is 9.23. The maximum Gasteiger partial charge on any atom is 0.273 e. The van der Waals surface area contributed by atoms with Crippen LogP contribution in [0.25, 0.3) is 0 Å². The summed E-state index contributed by atoms with van der Waals surface area (Å²) in [5.74, 6) is 0.814. The van der Waals surface area contributed by atoms with E-state index >= 15 is 0 Å². The second-order valence-corrected chi connectivity index (χ2v) is 8.43. The Morgan fingerprint density at radius 1 is 1.45 bits per heavy atom. The van der Waals surface area contributed by atoms with Gasteiger partial charge in [-0.3, -0.25) is 0 Å². The molecule has 0 bridgehead atoms. The first-order valence-electron chi connectivity index (χ1n) is 7.77. The zero-order valence-electron chi connectivity index (χ0n) is 13.6. The van der Waals surface area contributed by atoms with E-state index in [1.165, 1.54) is 5.57 Å². The number of aliphatic hydroxyl groups is 1. The molecule has 5 unspecified atom stereocenters. The van der Waals surface area contributed by atoms with Crippen molar-refractivity contribution >= 4 is 15.6 Å². The van der Waals surface area contributed by atoms with Crippen LogP contribution in [0.4, 0.5) is 0 Å². The number of aliphatic hydroxyl groups excluding tert-OH is 1. The van der Waals surface area contributed by atoms with Crippen molar-refractivity contribution in [2.75, 3.05) is 0 Å². The number of allylic oxidation sites excluding steroid dienone is 1. The highest BCUT2D eigenvalue weighted by Crippen LogP contribution is 2.55. The molecular formula is C17H29O2Si. The van der Waals surface area contributed by atoms with Gasteiger partial charge in [-0.15, -0.1) is 0 Å². The zero-order chi connectivity index (χ0) is 15.1. The van der Waals surface area contributed by atoms with E-state index < -0.39 is 0 Å². The minimum atomic E-state index is -0.294. The second-order valence-electron chi connectivity index (χ2n) is 7.90. The Kier molecular flexibility index (Phi) is 4.32. The van der Waals surface area contributed by atoms with Crippen LogP contribution in [-0.2, 0) is 4.43 Å². The molecule has 5 atom stereocenters. The maximum atomic E-state index is 10.5. The molecular weight excluding hydrogens is 264 g/mol. The van der Waals surface area contributed by atoms with Gasteiger partial charge in [0.05, 0.1) is 12.2 Å². The zero-order valence-corrected chi connectivity index (χ0v) is 14.6. The van der Waals surface area contributed by atoms with Crippen LogP contribution >= 0.6 is 0 Å². The van der Waals surface area contributed by atoms with Gasteiger partial charge in [0.25, 0.3) is 9.38 Å². The Morgan fingerprint density at radius 2 is 2.10 bits per heavy atom. The molecule has 0 heterocycles. The van der Waals surface area contributed by atoms with Gasteiger partial charge in [0.2, 0.25) is 0 Å². The van der Waals surface area contributed by atoms with E-state index in [9.17, 15) is 5.11 Å². The Morgan fingerprint density at radius 3 is 2.65 bits per heavy atom. The lowest BCUT2D eigenvalue weighted by molar-refractivity contribution is -0.0240. The molecule has 113 valence electrons. The molecule has 1 fully saturated rings. The van der Waals surface area contributed by atoms with Crippen LogP contribution in [0, 0.1) is 22.7 Å². The molecule has 2 aliphatic rings. The van der Waals surface area contributed by atoms with Gasteiger partial charge in [-0.2, -0.15) is 0 Å². The van der Waals surface area contributed by atoms with Crippen LogP contribution < -0.4 is 0 Å². The lowest BCUT2D eigenvalue weighted by Gasteiger charge is -2.53. The first-order valence-corrected chi connectivity index (χ1v) is 8.88. The molecule has 1 N–H and O–H groups in total. The average Bonchev–Trinajstić information content (AvgIpc) is 2.34. The molecule has 0 aromatic heterocycles. The van der Waals surface area contributed by atoms with E-state index in [1.54, 1.807) is 0 Å². The lowest BCUT2D eigenvalue weighted by atomic mass is 9.54. The highest BCUT2D eigenvalue weighted by molar-refractivity contribution is 6.33. The van der Waals surface area contributed by atoms with Gasteiger partial charge in [0.1, 0.15) is 0 Å². The van der Waals surface area contributed by atoms with Crippen molar-refractivity contribution in [2.45, 2.75) is 66.1 Å². The molecule has 3 heteroatoms. The van der Waals surface area contributed by atoms with Gasteiger partial charge in [-0.1, -0.05) is 52.4 Å². The van der Waals surface area contributed by atoms with Gasteiger partial charge in [-0.05, 0) is 36.0 Å². The molecule has 1 saturated carbocycles. The Hall–Kier alpha value is -0.413. The summed E-state index contributed by atoms with van der Waals surface area (Å²) in [6.45, 7) is 11.4. The van der Waals surface area contributed by atoms with Crippen LogP contribution in [0.15, 0.2) is 11.6 Å². The van der Waals surface area contributed by atoms with Crippen molar-refractivity contribution in [1.29, 1.82) is 0 Å². The average molecular weight is 294 g/mol. The number of hydrogen-bond acceptors (Lipinski definition) is 2. The largest absolute Gasteiger partial charge is 0.545 e. The fourth-order valence-corrected chi connectivity index (χ4v) is 4.65. The van der Waals surface area contributed by atoms with Crippen LogP contribution in [0.1, 0.15) is 53.9 Å². The first kappa shape index (κ1) is 16.0. The van der Waals surface area contributed by atoms with Crippen molar-refractivity contribution < 1.29 is 9.53 Å². The van der Waals surface area contributed by atoms with Crippen molar-refractivity contribution in [3.63, 3.8) is 0 Å². The van der Waals surface area contributed by atoms with Gasteiger partial charge in [-0.25, -0.2) is 0 Å². The molecule has 2 aliphatic carbocycles. The third-order valence-electron chi connectivity index (χ3n) is 5.77. The molecule has 2 rings (SSSR count). The monoisotopic (exact) mass is 293 g/mol. The quantitative estimate of drug-likeness (QED) is 0.626. The third kappa shape index (κ3) is 2.67. The minimum absolute atomic E-state index is 0.131. The summed E-state index contributed by atoms with van der Waals surface area (Å²) in [5, 5.41) is 10.5. The molecule has 0 aliphatic heterocycles. The number of rotatable bonds is 2. The fourth-order valence-electron chi connectivity index (χ4n) is 4.11. The standard InChI is InChI=1S/C17H29O2Si/c1-11-15(19-20-6)8-7-12-9-14(18)13(16(2,3)4)10-17(11,12)5/h9,11,13-15,18H,6-8,10H2,1-5H3. The summed E-state index contributed by atoms with van der Waals surface area (Å²) < 4.78 is 5.88. The molecule has 20 heavy (non-hydrogen) atoms. The normalized spacial score (nSPS) is 41.6. The Bertz CT molecular complexity index is 410. The van der Waals surface area contributed by atoms with Crippen molar-refractivity contribution in [1.82, 2.24) is 0 Å². The van der Waals surface area contributed by atoms with Gasteiger partial charge >= 0.3 is 0 Å². The predicted octanol–water partition coefficient (Wildman–Crippen LogP) is 3.21. The Labute approximate surface area is 126 Å². The van der Waals surface area contributed by atoms with Crippen LogP contribution in [-0.4, -0.2) is 32.9 Å². The summed E-state index contributed by atoms with van der Waals surface area (Å²) in [6, 6.07) is 0. The summed E-state index contributed by atoms with van der Waals surface area (Å²) >= 11 is 0. The lowest BCUT2D eigenvalue weighted by Crippen LogP contribution is -2.49. The number of hydrogen-bond donors (Lipinski definition) is 1. The smallest absolute Gasteiger partial charge is 0.273 e. The van der Waals surface area contributed by atoms with E-state index in [-0.39, 0.29) is 16.9 Å². The molecule has 0 aromatic carbocycles. The van der Waals surface area contributed by atoms with Gasteiger partial charge in [0, 0.05) is 5.92 Å². The van der Waals surface area contributed by atoms with Crippen molar-refractivity contribution in [3.8, 4) is 0 Å². The molecule has 0 amide bonds. The first-order chi connectivity index (χ1) is 9.20. The fraction of sp³-hybridized carbons (Fsp3) is 0.824. The van der Waals surface area contributed by atoms with Crippen LogP contribution in [0.3, 0.4) is 0 Å². The van der Waals surface area contributed by atoms with E-state index in [0.29, 0.717) is 27.3 Å². The Balaban J connectivity index is 2.32. The minimum Gasteiger partial charge on any atom is -0.545 e. The van der Waals surface area contributed by atoms with E-state index in [4.69, 9.17) is 4.43 Å². The molecule has 1 radical (unpaired) electrons. The highest BCUT2D eigenvalue weighted by atomic mass is 28.2. The second kappa shape index (κ2) is 5.41. The molecule has 0 saturated heterocycles. The van der Waals surface area contributed by atoms with E-state index in [1.807, 2.05) is 0 Å². The molecule has 2 nitrogen and oxygen atoms in total. The van der Waals surface area contributed by atoms with Gasteiger partial charge < -0.3 is 9.53 Å². The highest BCUT2D eigenvalue weighted by Gasteiger charge is 2.49. The SMILES string of the molecule is C=[Si]OC1CCC2=CC(O)C(C(C)(C)C)CC2(C)C1C.